The van der Waals surface area contributed by atoms with Crippen molar-refractivity contribution in [1.29, 1.82) is 0 Å². The maximum atomic E-state index is 11.9. The van der Waals surface area contributed by atoms with E-state index in [-0.39, 0.29) is 12.1 Å². The molecule has 5 nitrogen and oxygen atoms in total. The number of carbonyl (C=O) groups excluding carboxylic acids is 1. The van der Waals surface area contributed by atoms with Gasteiger partial charge in [0.15, 0.2) is 0 Å². The first-order valence-corrected chi connectivity index (χ1v) is 6.25. The third-order valence-corrected chi connectivity index (χ3v) is 2.78. The van der Waals surface area contributed by atoms with Crippen molar-refractivity contribution >= 4 is 6.09 Å². The normalized spacial score (nSPS) is 22.6. The fourth-order valence-corrected chi connectivity index (χ4v) is 2.01. The van der Waals surface area contributed by atoms with Gasteiger partial charge in [0, 0.05) is 38.8 Å². The highest BCUT2D eigenvalue weighted by Gasteiger charge is 2.30. The summed E-state index contributed by atoms with van der Waals surface area (Å²) in [4.78, 5) is 16.0. The molecule has 0 spiro atoms. The van der Waals surface area contributed by atoms with Crippen LogP contribution in [0.4, 0.5) is 4.79 Å². The summed E-state index contributed by atoms with van der Waals surface area (Å²) in [5, 5.41) is 0. The quantitative estimate of drug-likeness (QED) is 0.782. The van der Waals surface area contributed by atoms with Crippen LogP contribution < -0.4 is 5.73 Å². The zero-order chi connectivity index (χ0) is 13.1. The van der Waals surface area contributed by atoms with Crippen LogP contribution in [-0.4, -0.2) is 60.3 Å². The number of hydrogen-bond acceptors (Lipinski definition) is 4. The first kappa shape index (κ1) is 14.3. The summed E-state index contributed by atoms with van der Waals surface area (Å²) in [6, 6.07) is 0.185. The minimum absolute atomic E-state index is 0.185. The molecular weight excluding hydrogens is 218 g/mol. The summed E-state index contributed by atoms with van der Waals surface area (Å²) in [6.45, 7) is 11.7. The van der Waals surface area contributed by atoms with Gasteiger partial charge in [-0.15, -0.1) is 0 Å². The van der Waals surface area contributed by atoms with Gasteiger partial charge >= 0.3 is 6.09 Å². The molecule has 0 aromatic rings. The van der Waals surface area contributed by atoms with Gasteiger partial charge in [0.05, 0.1) is 0 Å². The van der Waals surface area contributed by atoms with Gasteiger partial charge in [-0.05, 0) is 27.7 Å². The summed E-state index contributed by atoms with van der Waals surface area (Å²) in [5.74, 6) is 0. The Morgan fingerprint density at radius 1 is 1.41 bits per heavy atom. The average Bonchev–Trinajstić information content (AvgIpc) is 2.15. The van der Waals surface area contributed by atoms with E-state index in [1.807, 2.05) is 27.7 Å². The molecule has 1 rings (SSSR count). The van der Waals surface area contributed by atoms with E-state index in [4.69, 9.17) is 10.5 Å². The lowest BCUT2D eigenvalue weighted by atomic mass is 10.2. The average molecular weight is 243 g/mol. The van der Waals surface area contributed by atoms with Crippen molar-refractivity contribution in [2.24, 2.45) is 5.73 Å². The molecule has 1 amide bonds. The molecule has 0 aromatic heterocycles. The highest BCUT2D eigenvalue weighted by Crippen LogP contribution is 2.15. The predicted molar refractivity (Wildman–Crippen MR) is 67.9 cm³/mol. The van der Waals surface area contributed by atoms with E-state index >= 15 is 0 Å². The first-order chi connectivity index (χ1) is 7.83. The van der Waals surface area contributed by atoms with E-state index in [2.05, 4.69) is 4.90 Å². The largest absolute Gasteiger partial charge is 0.444 e. The Labute approximate surface area is 104 Å². The molecule has 1 aliphatic rings. The molecule has 0 saturated carbocycles. The zero-order valence-electron chi connectivity index (χ0n) is 11.4. The minimum atomic E-state index is -0.425. The summed E-state index contributed by atoms with van der Waals surface area (Å²) in [5.41, 5.74) is 5.11. The van der Waals surface area contributed by atoms with Crippen molar-refractivity contribution in [2.75, 3.05) is 32.7 Å². The molecule has 5 heteroatoms. The molecule has 0 aromatic carbocycles. The van der Waals surface area contributed by atoms with Gasteiger partial charge in [-0.2, -0.15) is 0 Å². The summed E-state index contributed by atoms with van der Waals surface area (Å²) < 4.78 is 5.39. The minimum Gasteiger partial charge on any atom is -0.444 e. The Hall–Kier alpha value is -0.810. The van der Waals surface area contributed by atoms with Crippen LogP contribution in [0.2, 0.25) is 0 Å². The molecule has 1 fully saturated rings. The number of piperazine rings is 1. The fourth-order valence-electron chi connectivity index (χ4n) is 2.01. The topological polar surface area (TPSA) is 58.8 Å². The number of rotatable bonds is 2. The number of nitrogens with zero attached hydrogens (tertiary/aromatic N) is 2. The fraction of sp³-hybridized carbons (Fsp3) is 0.917. The van der Waals surface area contributed by atoms with Crippen molar-refractivity contribution in [1.82, 2.24) is 9.80 Å². The van der Waals surface area contributed by atoms with E-state index in [0.717, 1.165) is 26.2 Å². The lowest BCUT2D eigenvalue weighted by Gasteiger charge is -2.40. The Morgan fingerprint density at radius 2 is 2.06 bits per heavy atom. The number of nitrogens with two attached hydrogens (primary N) is 1. The van der Waals surface area contributed by atoms with Crippen molar-refractivity contribution in [2.45, 2.75) is 39.3 Å². The van der Waals surface area contributed by atoms with E-state index in [0.29, 0.717) is 6.54 Å². The molecule has 0 radical (unpaired) electrons. The third kappa shape index (κ3) is 4.52. The second-order valence-electron chi connectivity index (χ2n) is 5.61. The number of amides is 1. The second-order valence-corrected chi connectivity index (χ2v) is 5.61. The van der Waals surface area contributed by atoms with Crippen molar-refractivity contribution in [3.63, 3.8) is 0 Å². The van der Waals surface area contributed by atoms with Gasteiger partial charge in [0.2, 0.25) is 0 Å². The molecular formula is C12H25N3O2. The van der Waals surface area contributed by atoms with Gasteiger partial charge in [0.1, 0.15) is 5.60 Å². The van der Waals surface area contributed by atoms with E-state index in [1.165, 1.54) is 0 Å². The van der Waals surface area contributed by atoms with Gasteiger partial charge in [-0.1, -0.05) is 0 Å². The van der Waals surface area contributed by atoms with Crippen LogP contribution in [0.3, 0.4) is 0 Å². The Bertz CT molecular complexity index is 263. The van der Waals surface area contributed by atoms with Crippen LogP contribution in [0.1, 0.15) is 27.7 Å². The predicted octanol–water partition coefficient (Wildman–Crippen LogP) is 0.886. The van der Waals surface area contributed by atoms with Gasteiger partial charge in [-0.3, -0.25) is 4.90 Å². The van der Waals surface area contributed by atoms with E-state index in [1.54, 1.807) is 4.90 Å². The molecule has 17 heavy (non-hydrogen) atoms. The van der Waals surface area contributed by atoms with Crippen molar-refractivity contribution in [3.8, 4) is 0 Å². The number of ether oxygens (including phenoxy) is 1. The summed E-state index contributed by atoms with van der Waals surface area (Å²) in [6.07, 6.45) is -0.211. The van der Waals surface area contributed by atoms with Crippen LogP contribution in [0, 0.1) is 0 Å². The SMILES string of the molecule is C[C@H]1CN(CCN)CCN1C(=O)OC(C)(C)C. The Balaban J connectivity index is 2.49. The first-order valence-electron chi connectivity index (χ1n) is 6.25. The molecule has 100 valence electrons. The van der Waals surface area contributed by atoms with Crippen LogP contribution in [-0.2, 0) is 4.74 Å². The highest BCUT2D eigenvalue weighted by molar-refractivity contribution is 5.68. The van der Waals surface area contributed by atoms with Gasteiger partial charge in [-0.25, -0.2) is 4.79 Å². The molecule has 1 aliphatic heterocycles. The summed E-state index contributed by atoms with van der Waals surface area (Å²) >= 11 is 0. The maximum absolute atomic E-state index is 11.9. The van der Waals surface area contributed by atoms with Gasteiger partial charge in [0.25, 0.3) is 0 Å². The highest BCUT2D eigenvalue weighted by atomic mass is 16.6. The van der Waals surface area contributed by atoms with E-state index < -0.39 is 5.60 Å². The van der Waals surface area contributed by atoms with Crippen LogP contribution in [0.25, 0.3) is 0 Å². The standard InChI is InChI=1S/C12H25N3O2/c1-10-9-14(6-5-13)7-8-15(10)11(16)17-12(2,3)4/h10H,5-9,13H2,1-4H3/t10-/m0/s1. The second kappa shape index (κ2) is 5.69. The van der Waals surface area contributed by atoms with Crippen molar-refractivity contribution < 1.29 is 9.53 Å². The zero-order valence-corrected chi connectivity index (χ0v) is 11.4. The molecule has 1 heterocycles. The van der Waals surface area contributed by atoms with E-state index in [9.17, 15) is 4.79 Å². The third-order valence-electron chi connectivity index (χ3n) is 2.78. The van der Waals surface area contributed by atoms with Crippen LogP contribution in [0.5, 0.6) is 0 Å². The Morgan fingerprint density at radius 3 is 2.53 bits per heavy atom. The van der Waals surface area contributed by atoms with Gasteiger partial charge < -0.3 is 15.4 Å². The monoisotopic (exact) mass is 243 g/mol. The molecule has 1 atom stereocenters. The summed E-state index contributed by atoms with van der Waals surface area (Å²) in [7, 11) is 0. The lowest BCUT2D eigenvalue weighted by Crippen LogP contribution is -2.55. The lowest BCUT2D eigenvalue weighted by molar-refractivity contribution is 0.00187. The van der Waals surface area contributed by atoms with Crippen LogP contribution >= 0.6 is 0 Å². The molecule has 0 aliphatic carbocycles. The molecule has 0 bridgehead atoms. The molecule has 2 N–H and O–H groups in total. The molecule has 1 saturated heterocycles. The Kier molecular flexibility index (Phi) is 4.77. The van der Waals surface area contributed by atoms with Crippen molar-refractivity contribution in [3.05, 3.63) is 0 Å². The maximum Gasteiger partial charge on any atom is 0.410 e. The number of carbonyl (C=O) groups is 1. The smallest absolute Gasteiger partial charge is 0.410 e. The molecule has 0 unspecified atom stereocenters. The van der Waals surface area contributed by atoms with Crippen LogP contribution in [0.15, 0.2) is 0 Å². The number of hydrogen-bond donors (Lipinski definition) is 1.